The summed E-state index contributed by atoms with van der Waals surface area (Å²) in [5.74, 6) is -1.07. The van der Waals surface area contributed by atoms with E-state index in [0.29, 0.717) is 12.1 Å². The fourth-order valence-electron chi connectivity index (χ4n) is 3.67. The number of hydrogen-bond donors (Lipinski definition) is 2. The smallest absolute Gasteiger partial charge is 0.367 e. The van der Waals surface area contributed by atoms with Gasteiger partial charge >= 0.3 is 12.4 Å². The maximum Gasteiger partial charge on any atom is 0.416 e. The number of ether oxygens (including phenoxy) is 1. The summed E-state index contributed by atoms with van der Waals surface area (Å²) < 4.78 is 81.1. The maximum absolute atomic E-state index is 12.8. The minimum Gasteiger partial charge on any atom is -0.367 e. The average Bonchev–Trinajstić information content (AvgIpc) is 3.21. The Kier molecular flexibility index (Phi) is 8.56. The summed E-state index contributed by atoms with van der Waals surface area (Å²) in [4.78, 5) is 29.6. The number of pyridine rings is 1. The predicted octanol–water partition coefficient (Wildman–Crippen LogP) is 3.66. The molecule has 36 heavy (non-hydrogen) atoms. The Morgan fingerprint density at radius 3 is 2.58 bits per heavy atom. The first kappa shape index (κ1) is 27.4. The predicted molar refractivity (Wildman–Crippen MR) is 118 cm³/mol. The molecular weight excluding hydrogens is 494 g/mol. The third-order valence-electron chi connectivity index (χ3n) is 5.36. The molecule has 2 aromatic rings. The highest BCUT2D eigenvalue weighted by Gasteiger charge is 2.34. The molecule has 1 aromatic heterocycles. The molecule has 2 amide bonds. The molecule has 0 radical (unpaired) electrons. The summed E-state index contributed by atoms with van der Waals surface area (Å²) in [6.45, 7) is 2.75. The van der Waals surface area contributed by atoms with Crippen molar-refractivity contribution in [2.24, 2.45) is 0 Å². The minimum atomic E-state index is -4.48. The van der Waals surface area contributed by atoms with Crippen molar-refractivity contribution in [3.8, 4) is 0 Å². The molecule has 0 bridgehead atoms. The molecule has 7 nitrogen and oxygen atoms in total. The molecule has 1 unspecified atom stereocenters. The Hall–Kier alpha value is -3.19. The zero-order chi connectivity index (χ0) is 26.5. The molecule has 1 aliphatic rings. The van der Waals surface area contributed by atoms with Gasteiger partial charge in [-0.15, -0.1) is 0 Å². The van der Waals surface area contributed by atoms with Crippen molar-refractivity contribution in [2.45, 2.75) is 31.3 Å². The third-order valence-corrected chi connectivity index (χ3v) is 5.36. The quantitative estimate of drug-likeness (QED) is 0.496. The highest BCUT2D eigenvalue weighted by molar-refractivity contribution is 5.95. The van der Waals surface area contributed by atoms with Gasteiger partial charge in [-0.1, -0.05) is 12.6 Å². The van der Waals surface area contributed by atoms with Crippen molar-refractivity contribution in [3.63, 3.8) is 0 Å². The van der Waals surface area contributed by atoms with E-state index < -0.39 is 42.4 Å². The van der Waals surface area contributed by atoms with E-state index in [4.69, 9.17) is 4.74 Å². The Morgan fingerprint density at radius 2 is 1.89 bits per heavy atom. The first-order valence-corrected chi connectivity index (χ1v) is 10.9. The van der Waals surface area contributed by atoms with E-state index in [0.717, 1.165) is 12.1 Å². The van der Waals surface area contributed by atoms with Gasteiger partial charge in [-0.25, -0.2) is 4.98 Å². The van der Waals surface area contributed by atoms with Crippen LogP contribution >= 0.6 is 0 Å². The molecule has 13 heteroatoms. The van der Waals surface area contributed by atoms with Gasteiger partial charge in [-0.3, -0.25) is 14.5 Å². The second kappa shape index (κ2) is 11.2. The van der Waals surface area contributed by atoms with Gasteiger partial charge in [0.15, 0.2) is 0 Å². The van der Waals surface area contributed by atoms with Gasteiger partial charge in [0, 0.05) is 37.1 Å². The number of nitrogens with one attached hydrogen (secondary N) is 2. The van der Waals surface area contributed by atoms with Crippen LogP contribution in [0.4, 0.5) is 26.3 Å². The number of alkyl halides is 6. The molecule has 1 fully saturated rings. The molecule has 0 aliphatic carbocycles. The molecule has 0 spiro atoms. The maximum atomic E-state index is 12.8. The number of amides is 2. The van der Waals surface area contributed by atoms with Crippen molar-refractivity contribution < 1.29 is 40.7 Å². The average molecular weight is 518 g/mol. The van der Waals surface area contributed by atoms with E-state index in [-0.39, 0.29) is 49.3 Å². The van der Waals surface area contributed by atoms with E-state index in [1.165, 1.54) is 23.1 Å². The van der Waals surface area contributed by atoms with Gasteiger partial charge in [0.05, 0.1) is 23.7 Å². The SMILES string of the molecule is C=C(CCNC(=O)c1ccc2cc(C(F)(F)F)ccc2n1)NC(=O)COC1CCN(CC(F)(F)F)C1. The van der Waals surface area contributed by atoms with Gasteiger partial charge in [0.2, 0.25) is 5.91 Å². The molecule has 1 aromatic carbocycles. The van der Waals surface area contributed by atoms with Crippen molar-refractivity contribution in [2.75, 3.05) is 32.8 Å². The number of rotatable bonds is 9. The Balaban J connectivity index is 1.38. The molecule has 2 N–H and O–H groups in total. The van der Waals surface area contributed by atoms with E-state index in [1.807, 2.05) is 0 Å². The zero-order valence-corrected chi connectivity index (χ0v) is 19.0. The number of carbonyl (C=O) groups excluding carboxylic acids is 2. The van der Waals surface area contributed by atoms with Crippen LogP contribution in [0.1, 0.15) is 28.9 Å². The van der Waals surface area contributed by atoms with E-state index in [9.17, 15) is 35.9 Å². The topological polar surface area (TPSA) is 83.6 Å². The van der Waals surface area contributed by atoms with E-state index in [1.54, 1.807) is 0 Å². The van der Waals surface area contributed by atoms with Gasteiger partial charge in [0.25, 0.3) is 5.91 Å². The summed E-state index contributed by atoms with van der Waals surface area (Å²) in [7, 11) is 0. The van der Waals surface area contributed by atoms with Crippen LogP contribution in [0.25, 0.3) is 10.9 Å². The normalized spacial score (nSPS) is 16.8. The van der Waals surface area contributed by atoms with E-state index >= 15 is 0 Å². The van der Waals surface area contributed by atoms with Crippen LogP contribution in [0.3, 0.4) is 0 Å². The van der Waals surface area contributed by atoms with Gasteiger partial charge < -0.3 is 15.4 Å². The van der Waals surface area contributed by atoms with Crippen LogP contribution in [0.15, 0.2) is 42.6 Å². The van der Waals surface area contributed by atoms with Gasteiger partial charge in [-0.05, 0) is 30.7 Å². The van der Waals surface area contributed by atoms with Gasteiger partial charge in [0.1, 0.15) is 12.3 Å². The minimum absolute atomic E-state index is 0.0152. The van der Waals surface area contributed by atoms with Crippen molar-refractivity contribution in [1.82, 2.24) is 20.5 Å². The summed E-state index contributed by atoms with van der Waals surface area (Å²) in [6, 6.07) is 5.71. The monoisotopic (exact) mass is 518 g/mol. The van der Waals surface area contributed by atoms with Crippen molar-refractivity contribution >= 4 is 22.7 Å². The lowest BCUT2D eigenvalue weighted by molar-refractivity contribution is -0.145. The number of aromatic nitrogens is 1. The number of hydrogen-bond acceptors (Lipinski definition) is 5. The summed E-state index contributed by atoms with van der Waals surface area (Å²) in [5.41, 5.74) is -0.274. The largest absolute Gasteiger partial charge is 0.416 e. The van der Waals surface area contributed by atoms with Crippen molar-refractivity contribution in [3.05, 3.63) is 53.9 Å². The van der Waals surface area contributed by atoms with Crippen LogP contribution in [0.2, 0.25) is 0 Å². The standard InChI is InChI=1S/C23H24F6N4O3/c1-14(31-20(34)12-36-17-7-9-33(11-17)13-22(24,25)26)6-8-30-21(35)19-4-2-15-10-16(23(27,28)29)3-5-18(15)32-19/h2-5,10,17H,1,6-9,11-13H2,(H,30,35)(H,31,34). The molecule has 0 saturated carbocycles. The van der Waals surface area contributed by atoms with Gasteiger partial charge in [-0.2, -0.15) is 26.3 Å². The van der Waals surface area contributed by atoms with E-state index in [2.05, 4.69) is 22.2 Å². The molecular formula is C23H24F6N4O3. The molecule has 2 heterocycles. The molecule has 1 atom stereocenters. The van der Waals surface area contributed by atoms with Crippen LogP contribution in [0, 0.1) is 0 Å². The fourth-order valence-corrected chi connectivity index (χ4v) is 3.67. The highest BCUT2D eigenvalue weighted by atomic mass is 19.4. The second-order valence-electron chi connectivity index (χ2n) is 8.33. The lowest BCUT2D eigenvalue weighted by Crippen LogP contribution is -2.34. The number of benzene rings is 1. The lowest BCUT2D eigenvalue weighted by Gasteiger charge is -2.18. The van der Waals surface area contributed by atoms with Crippen LogP contribution in [-0.2, 0) is 15.7 Å². The second-order valence-corrected chi connectivity index (χ2v) is 8.33. The third kappa shape index (κ3) is 8.19. The lowest BCUT2D eigenvalue weighted by atomic mass is 10.1. The Morgan fingerprint density at radius 1 is 1.14 bits per heavy atom. The van der Waals surface area contributed by atoms with Crippen LogP contribution in [0.5, 0.6) is 0 Å². The van der Waals surface area contributed by atoms with Crippen molar-refractivity contribution in [1.29, 1.82) is 0 Å². The number of carbonyl (C=O) groups is 2. The highest BCUT2D eigenvalue weighted by Crippen LogP contribution is 2.31. The molecule has 196 valence electrons. The first-order chi connectivity index (χ1) is 16.8. The fraction of sp³-hybridized carbons (Fsp3) is 0.435. The summed E-state index contributed by atoms with van der Waals surface area (Å²) in [6.07, 6.45) is -8.67. The number of nitrogens with zero attached hydrogens (tertiary/aromatic N) is 2. The molecule has 1 saturated heterocycles. The number of likely N-dealkylation sites (tertiary alicyclic amines) is 1. The Bertz CT molecular complexity index is 1120. The van der Waals surface area contributed by atoms with Crippen LogP contribution in [-0.4, -0.2) is 66.8 Å². The Labute approximate surface area is 202 Å². The molecule has 1 aliphatic heterocycles. The summed E-state index contributed by atoms with van der Waals surface area (Å²) in [5, 5.41) is 5.32. The summed E-state index contributed by atoms with van der Waals surface area (Å²) >= 11 is 0. The molecule has 3 rings (SSSR count). The number of halogens is 6. The zero-order valence-electron chi connectivity index (χ0n) is 19.0. The van der Waals surface area contributed by atoms with Crippen LogP contribution < -0.4 is 10.6 Å². The first-order valence-electron chi connectivity index (χ1n) is 10.9. The number of fused-ring (bicyclic) bond motifs is 1.